The number of carbonyl (C=O) groups excluding carboxylic acids is 3. The number of amides is 3. The molecular formula is C27H25F3N6O6. The highest BCUT2D eigenvalue weighted by molar-refractivity contribution is 6.05. The summed E-state index contributed by atoms with van der Waals surface area (Å²) in [5, 5.41) is 21.9. The van der Waals surface area contributed by atoms with Gasteiger partial charge in [0.25, 0.3) is 5.91 Å². The number of benzene rings is 2. The van der Waals surface area contributed by atoms with E-state index in [1.54, 1.807) is 10.7 Å². The Morgan fingerprint density at radius 1 is 1.12 bits per heavy atom. The van der Waals surface area contributed by atoms with Crippen LogP contribution in [0.25, 0.3) is 5.69 Å². The number of carboxylic acids is 1. The van der Waals surface area contributed by atoms with Crippen molar-refractivity contribution in [1.82, 2.24) is 30.5 Å². The number of piperidine rings is 1. The molecule has 2 unspecified atom stereocenters. The van der Waals surface area contributed by atoms with Crippen LogP contribution >= 0.6 is 0 Å². The molecule has 3 amide bonds. The van der Waals surface area contributed by atoms with Crippen molar-refractivity contribution in [3.05, 3.63) is 77.1 Å². The Morgan fingerprint density at radius 2 is 1.86 bits per heavy atom. The molecule has 12 nitrogen and oxygen atoms in total. The summed E-state index contributed by atoms with van der Waals surface area (Å²) in [6, 6.07) is 14.9. The number of nitrogens with one attached hydrogen (secondary N) is 2. The molecule has 15 heteroatoms. The van der Waals surface area contributed by atoms with E-state index in [0.29, 0.717) is 44.0 Å². The maximum atomic E-state index is 13.2. The van der Waals surface area contributed by atoms with Gasteiger partial charge in [-0.25, -0.2) is 9.48 Å². The molecule has 2 fully saturated rings. The highest BCUT2D eigenvalue weighted by atomic mass is 19.4. The van der Waals surface area contributed by atoms with Crippen LogP contribution in [0.1, 0.15) is 40.0 Å². The minimum Gasteiger partial charge on any atom is -0.475 e. The molecule has 0 aliphatic carbocycles. The molecule has 6 rings (SSSR count). The van der Waals surface area contributed by atoms with Gasteiger partial charge in [0.15, 0.2) is 0 Å². The topological polar surface area (TPSA) is 156 Å². The second kappa shape index (κ2) is 11.3. The fourth-order valence-corrected chi connectivity index (χ4v) is 5.10. The zero-order valence-corrected chi connectivity index (χ0v) is 21.9. The van der Waals surface area contributed by atoms with Crippen LogP contribution in [0.5, 0.6) is 0 Å². The quantitative estimate of drug-likeness (QED) is 0.386. The van der Waals surface area contributed by atoms with Gasteiger partial charge in [0.2, 0.25) is 11.8 Å². The van der Waals surface area contributed by atoms with Crippen LogP contribution in [0, 0.1) is 0 Å². The van der Waals surface area contributed by atoms with Gasteiger partial charge in [-0.1, -0.05) is 41.6 Å². The van der Waals surface area contributed by atoms with Crippen molar-refractivity contribution in [2.75, 3.05) is 19.8 Å². The number of hydrogen-bond donors (Lipinski definition) is 3. The zero-order chi connectivity index (χ0) is 30.1. The van der Waals surface area contributed by atoms with Gasteiger partial charge in [-0.2, -0.15) is 13.2 Å². The van der Waals surface area contributed by atoms with Crippen LogP contribution in [0.15, 0.2) is 54.7 Å². The fourth-order valence-electron chi connectivity index (χ4n) is 5.10. The monoisotopic (exact) mass is 586 g/mol. The summed E-state index contributed by atoms with van der Waals surface area (Å²) in [5.74, 6) is -3.70. The molecule has 3 aliphatic rings. The molecule has 1 aromatic heterocycles. The molecule has 3 aromatic rings. The van der Waals surface area contributed by atoms with Gasteiger partial charge in [-0.05, 0) is 29.7 Å². The van der Waals surface area contributed by atoms with E-state index in [-0.39, 0.29) is 18.2 Å². The lowest BCUT2D eigenvalue weighted by Gasteiger charge is -2.37. The average Bonchev–Trinajstić information content (AvgIpc) is 3.59. The molecule has 3 aliphatic heterocycles. The lowest BCUT2D eigenvalue weighted by Crippen LogP contribution is -2.52. The maximum absolute atomic E-state index is 13.2. The number of carbonyl (C=O) groups is 4. The van der Waals surface area contributed by atoms with Crippen LogP contribution < -0.4 is 10.6 Å². The molecule has 2 aromatic carbocycles. The Kier molecular flexibility index (Phi) is 7.79. The number of morpholine rings is 1. The average molecular weight is 587 g/mol. The number of aromatic nitrogens is 3. The largest absolute Gasteiger partial charge is 0.490 e. The SMILES string of the molecule is O=C(O)C(F)(F)F.O=C1CCC(N2Cc3ccc(-n4cc(C5(c6ccccc6)COCCN5)nn4)cc3C2=O)C(=O)N1. The Labute approximate surface area is 236 Å². The normalized spacial score (nSPS) is 22.2. The Morgan fingerprint density at radius 3 is 2.50 bits per heavy atom. The molecule has 2 saturated heterocycles. The van der Waals surface area contributed by atoms with Gasteiger partial charge < -0.3 is 14.7 Å². The first kappa shape index (κ1) is 28.9. The van der Waals surface area contributed by atoms with E-state index in [4.69, 9.17) is 14.6 Å². The second-order valence-electron chi connectivity index (χ2n) is 9.84. The molecule has 0 spiro atoms. The number of alkyl halides is 3. The van der Waals surface area contributed by atoms with Gasteiger partial charge in [-0.3, -0.25) is 25.0 Å². The second-order valence-corrected chi connectivity index (χ2v) is 9.84. The predicted molar refractivity (Wildman–Crippen MR) is 137 cm³/mol. The first-order chi connectivity index (χ1) is 20.0. The number of nitrogens with zero attached hydrogens (tertiary/aromatic N) is 4. The van der Waals surface area contributed by atoms with Gasteiger partial charge in [0.1, 0.15) is 17.3 Å². The summed E-state index contributed by atoms with van der Waals surface area (Å²) in [5.41, 5.74) is 3.21. The summed E-state index contributed by atoms with van der Waals surface area (Å²) < 4.78 is 39.2. The van der Waals surface area contributed by atoms with Crippen LogP contribution in [-0.4, -0.2) is 80.7 Å². The third-order valence-electron chi connectivity index (χ3n) is 7.21. The van der Waals surface area contributed by atoms with Crippen molar-refractivity contribution in [3.8, 4) is 5.69 Å². The maximum Gasteiger partial charge on any atom is 0.490 e. The fraction of sp³-hybridized carbons (Fsp3) is 0.333. The van der Waals surface area contributed by atoms with Gasteiger partial charge in [-0.15, -0.1) is 5.10 Å². The summed E-state index contributed by atoms with van der Waals surface area (Å²) in [6.45, 7) is 2.08. The summed E-state index contributed by atoms with van der Waals surface area (Å²) >= 11 is 0. The Bertz CT molecular complexity index is 1520. The van der Waals surface area contributed by atoms with E-state index in [0.717, 1.165) is 16.8 Å². The van der Waals surface area contributed by atoms with E-state index in [9.17, 15) is 27.6 Å². The molecule has 220 valence electrons. The van der Waals surface area contributed by atoms with E-state index in [1.165, 1.54) is 4.90 Å². The standard InChI is InChI=1S/C25H24N6O4.C2HF3O2/c32-22-9-8-20(23(33)27-22)30-13-16-6-7-18(12-19(16)24(30)34)31-14-21(28-29-31)25(15-35-11-10-26-25)17-4-2-1-3-5-17;3-2(4,5)1(6)7/h1-7,12,14,20,26H,8-11,13,15H2,(H,27,32,33);(H,6,7). The van der Waals surface area contributed by atoms with E-state index in [1.807, 2.05) is 48.7 Å². The molecule has 0 radical (unpaired) electrons. The number of imide groups is 1. The molecular weight excluding hydrogens is 561 g/mol. The lowest BCUT2D eigenvalue weighted by atomic mass is 9.87. The van der Waals surface area contributed by atoms with Gasteiger partial charge in [0.05, 0.1) is 25.1 Å². The van der Waals surface area contributed by atoms with E-state index < -0.39 is 29.6 Å². The first-order valence-corrected chi connectivity index (χ1v) is 12.9. The lowest BCUT2D eigenvalue weighted by molar-refractivity contribution is -0.192. The Hall–Kier alpha value is -4.63. The Balaban J connectivity index is 0.000000451. The van der Waals surface area contributed by atoms with Crippen molar-refractivity contribution >= 4 is 23.7 Å². The van der Waals surface area contributed by atoms with Crippen molar-refractivity contribution in [1.29, 1.82) is 0 Å². The van der Waals surface area contributed by atoms with Crippen LogP contribution in [0.4, 0.5) is 13.2 Å². The van der Waals surface area contributed by atoms with Gasteiger partial charge in [0, 0.05) is 25.1 Å². The number of hydrogen-bond acceptors (Lipinski definition) is 8. The minimum absolute atomic E-state index is 0.222. The number of halogens is 3. The van der Waals surface area contributed by atoms with Crippen molar-refractivity contribution < 1.29 is 42.2 Å². The molecule has 2 atom stereocenters. The predicted octanol–water partition coefficient (Wildman–Crippen LogP) is 1.52. The number of rotatable bonds is 4. The summed E-state index contributed by atoms with van der Waals surface area (Å²) in [4.78, 5) is 47.4. The number of aliphatic carboxylic acids is 1. The molecule has 3 N–H and O–H groups in total. The highest BCUT2D eigenvalue weighted by Gasteiger charge is 2.41. The minimum atomic E-state index is -5.08. The number of ether oxygens (including phenoxy) is 1. The first-order valence-electron chi connectivity index (χ1n) is 12.9. The number of carboxylic acid groups (broad SMARTS) is 1. The third-order valence-corrected chi connectivity index (χ3v) is 7.21. The van der Waals surface area contributed by atoms with Gasteiger partial charge >= 0.3 is 12.1 Å². The summed E-state index contributed by atoms with van der Waals surface area (Å²) in [7, 11) is 0. The number of fused-ring (bicyclic) bond motifs is 1. The van der Waals surface area contributed by atoms with Crippen LogP contribution in [0.3, 0.4) is 0 Å². The molecule has 0 saturated carbocycles. The van der Waals surface area contributed by atoms with Crippen molar-refractivity contribution in [2.24, 2.45) is 0 Å². The smallest absolute Gasteiger partial charge is 0.475 e. The van der Waals surface area contributed by atoms with Crippen LogP contribution in [-0.2, 0) is 31.2 Å². The van der Waals surface area contributed by atoms with Crippen molar-refractivity contribution in [2.45, 2.75) is 37.1 Å². The van der Waals surface area contributed by atoms with E-state index in [2.05, 4.69) is 20.9 Å². The van der Waals surface area contributed by atoms with Crippen molar-refractivity contribution in [3.63, 3.8) is 0 Å². The molecule has 4 heterocycles. The summed E-state index contributed by atoms with van der Waals surface area (Å²) in [6.07, 6.45) is -2.67. The molecule has 0 bridgehead atoms. The highest BCUT2D eigenvalue weighted by Crippen LogP contribution is 2.32. The molecule has 42 heavy (non-hydrogen) atoms. The van der Waals surface area contributed by atoms with E-state index >= 15 is 0 Å². The third kappa shape index (κ3) is 5.60. The zero-order valence-electron chi connectivity index (χ0n) is 21.9. The van der Waals surface area contributed by atoms with Crippen LogP contribution in [0.2, 0.25) is 0 Å².